The van der Waals surface area contributed by atoms with Crippen LogP contribution in [-0.2, 0) is 17.7 Å². The fraction of sp³-hybridized carbons (Fsp3) is 0.600. The SMILES string of the molecule is COC(=O)c1cc(CNC2(C)CCC2)c2c(n1)CCO2. The molecule has 3 rings (SSSR count). The number of ether oxygens (including phenoxy) is 2. The molecular formula is C15H20N2O3. The predicted octanol–water partition coefficient (Wildman–Crippen LogP) is 1.84. The Labute approximate surface area is 118 Å². The van der Waals surface area contributed by atoms with Gasteiger partial charge in [0, 0.05) is 24.1 Å². The van der Waals surface area contributed by atoms with E-state index in [4.69, 9.17) is 9.47 Å². The summed E-state index contributed by atoms with van der Waals surface area (Å²) in [5.74, 6) is 0.448. The van der Waals surface area contributed by atoms with E-state index in [9.17, 15) is 4.79 Å². The fourth-order valence-electron chi connectivity index (χ4n) is 2.77. The molecule has 5 heteroatoms. The molecule has 0 amide bonds. The molecule has 2 aliphatic rings. The van der Waals surface area contributed by atoms with Crippen molar-refractivity contribution < 1.29 is 14.3 Å². The van der Waals surface area contributed by atoms with Gasteiger partial charge in [-0.05, 0) is 32.3 Å². The van der Waals surface area contributed by atoms with Gasteiger partial charge in [-0.25, -0.2) is 9.78 Å². The van der Waals surface area contributed by atoms with E-state index in [0.29, 0.717) is 18.8 Å². The minimum Gasteiger partial charge on any atom is -0.491 e. The highest BCUT2D eigenvalue weighted by molar-refractivity contribution is 5.87. The molecule has 0 unspecified atom stereocenters. The quantitative estimate of drug-likeness (QED) is 0.850. The van der Waals surface area contributed by atoms with E-state index < -0.39 is 5.97 Å². The van der Waals surface area contributed by atoms with Crippen LogP contribution >= 0.6 is 0 Å². The highest BCUT2D eigenvalue weighted by Crippen LogP contribution is 2.33. The van der Waals surface area contributed by atoms with Crippen molar-refractivity contribution in [1.29, 1.82) is 0 Å². The van der Waals surface area contributed by atoms with Crippen LogP contribution in [0.1, 0.15) is 47.9 Å². The summed E-state index contributed by atoms with van der Waals surface area (Å²) in [5, 5.41) is 3.57. The Morgan fingerprint density at radius 3 is 3.00 bits per heavy atom. The van der Waals surface area contributed by atoms with Crippen molar-refractivity contribution in [3.8, 4) is 5.75 Å². The second-order valence-electron chi connectivity index (χ2n) is 5.80. The van der Waals surface area contributed by atoms with E-state index in [1.807, 2.05) is 0 Å². The standard InChI is InChI=1S/C15H20N2O3/c1-15(5-3-6-15)16-9-10-8-12(14(18)19-2)17-11-4-7-20-13(10)11/h8,16H,3-7,9H2,1-2H3. The van der Waals surface area contributed by atoms with Crippen LogP contribution in [-0.4, -0.2) is 30.2 Å². The van der Waals surface area contributed by atoms with E-state index in [1.54, 1.807) is 6.07 Å². The van der Waals surface area contributed by atoms with Crippen molar-refractivity contribution in [2.45, 2.75) is 44.7 Å². The zero-order valence-corrected chi connectivity index (χ0v) is 12.0. The summed E-state index contributed by atoms with van der Waals surface area (Å²) in [6, 6.07) is 1.78. The van der Waals surface area contributed by atoms with Crippen LogP contribution in [0.2, 0.25) is 0 Å². The summed E-state index contributed by atoms with van der Waals surface area (Å²) in [6.45, 7) is 3.57. The predicted molar refractivity (Wildman–Crippen MR) is 73.9 cm³/mol. The first kappa shape index (κ1) is 13.4. The number of aromatic nitrogens is 1. The molecule has 0 atom stereocenters. The third-order valence-electron chi connectivity index (χ3n) is 4.26. The van der Waals surface area contributed by atoms with E-state index in [1.165, 1.54) is 26.4 Å². The van der Waals surface area contributed by atoms with E-state index in [2.05, 4.69) is 17.2 Å². The summed E-state index contributed by atoms with van der Waals surface area (Å²) >= 11 is 0. The highest BCUT2D eigenvalue weighted by atomic mass is 16.5. The summed E-state index contributed by atoms with van der Waals surface area (Å²) in [5.41, 5.74) is 2.46. The van der Waals surface area contributed by atoms with E-state index >= 15 is 0 Å². The van der Waals surface area contributed by atoms with E-state index in [0.717, 1.165) is 23.4 Å². The molecule has 1 aromatic rings. The van der Waals surface area contributed by atoms with Crippen LogP contribution in [0.3, 0.4) is 0 Å². The molecular weight excluding hydrogens is 256 g/mol. The van der Waals surface area contributed by atoms with E-state index in [-0.39, 0.29) is 5.54 Å². The first-order valence-corrected chi connectivity index (χ1v) is 7.10. The Kier molecular flexibility index (Phi) is 3.38. The van der Waals surface area contributed by atoms with Crippen LogP contribution in [0.25, 0.3) is 0 Å². The van der Waals surface area contributed by atoms with Crippen molar-refractivity contribution in [3.05, 3.63) is 23.0 Å². The average molecular weight is 276 g/mol. The number of hydrogen-bond acceptors (Lipinski definition) is 5. The highest BCUT2D eigenvalue weighted by Gasteiger charge is 2.31. The van der Waals surface area contributed by atoms with Crippen LogP contribution in [0.4, 0.5) is 0 Å². The molecule has 0 bridgehead atoms. The summed E-state index contributed by atoms with van der Waals surface area (Å²) in [6.07, 6.45) is 4.43. The van der Waals surface area contributed by atoms with Crippen molar-refractivity contribution in [3.63, 3.8) is 0 Å². The fourth-order valence-corrected chi connectivity index (χ4v) is 2.77. The zero-order valence-electron chi connectivity index (χ0n) is 12.0. The van der Waals surface area contributed by atoms with Gasteiger partial charge in [0.2, 0.25) is 0 Å². The number of hydrogen-bond donors (Lipinski definition) is 1. The van der Waals surface area contributed by atoms with Gasteiger partial charge in [-0.15, -0.1) is 0 Å². The number of fused-ring (bicyclic) bond motifs is 1. The Morgan fingerprint density at radius 1 is 1.55 bits per heavy atom. The molecule has 1 saturated carbocycles. The van der Waals surface area contributed by atoms with Crippen LogP contribution in [0.15, 0.2) is 6.07 Å². The lowest BCUT2D eigenvalue weighted by molar-refractivity contribution is 0.0593. The van der Waals surface area contributed by atoms with Crippen LogP contribution in [0, 0.1) is 0 Å². The number of pyridine rings is 1. The largest absolute Gasteiger partial charge is 0.491 e. The first-order chi connectivity index (χ1) is 9.61. The number of methoxy groups -OCH3 is 1. The topological polar surface area (TPSA) is 60.5 Å². The molecule has 0 radical (unpaired) electrons. The number of nitrogens with one attached hydrogen (secondary N) is 1. The Bertz CT molecular complexity index is 538. The lowest BCUT2D eigenvalue weighted by Gasteiger charge is -2.39. The van der Waals surface area contributed by atoms with Crippen molar-refractivity contribution in [2.24, 2.45) is 0 Å². The van der Waals surface area contributed by atoms with Gasteiger partial charge in [-0.3, -0.25) is 0 Å². The second-order valence-corrected chi connectivity index (χ2v) is 5.80. The molecule has 0 aromatic carbocycles. The Balaban J connectivity index is 1.84. The molecule has 0 saturated heterocycles. The molecule has 1 aliphatic heterocycles. The van der Waals surface area contributed by atoms with Gasteiger partial charge < -0.3 is 14.8 Å². The summed E-state index contributed by atoms with van der Waals surface area (Å²) < 4.78 is 10.4. The smallest absolute Gasteiger partial charge is 0.356 e. The Morgan fingerprint density at radius 2 is 2.35 bits per heavy atom. The van der Waals surface area contributed by atoms with Gasteiger partial charge in [0.25, 0.3) is 0 Å². The van der Waals surface area contributed by atoms with Gasteiger partial charge in [-0.2, -0.15) is 0 Å². The van der Waals surface area contributed by atoms with Gasteiger partial charge in [0.1, 0.15) is 11.4 Å². The van der Waals surface area contributed by atoms with Crippen LogP contribution in [0.5, 0.6) is 5.75 Å². The van der Waals surface area contributed by atoms with Crippen molar-refractivity contribution >= 4 is 5.97 Å². The number of rotatable bonds is 4. The molecule has 1 fully saturated rings. The number of carbonyl (C=O) groups excluding carboxylic acids is 1. The van der Waals surface area contributed by atoms with Crippen molar-refractivity contribution in [1.82, 2.24) is 10.3 Å². The molecule has 0 spiro atoms. The molecule has 1 N–H and O–H groups in total. The molecule has 108 valence electrons. The third-order valence-corrected chi connectivity index (χ3v) is 4.26. The van der Waals surface area contributed by atoms with Gasteiger partial charge >= 0.3 is 5.97 Å². The molecule has 1 aliphatic carbocycles. The normalized spacial score (nSPS) is 18.9. The third kappa shape index (κ3) is 2.38. The number of carbonyl (C=O) groups is 1. The van der Waals surface area contributed by atoms with Gasteiger partial charge in [-0.1, -0.05) is 0 Å². The summed E-state index contributed by atoms with van der Waals surface area (Å²) in [4.78, 5) is 16.0. The average Bonchev–Trinajstić information content (AvgIpc) is 2.90. The monoisotopic (exact) mass is 276 g/mol. The first-order valence-electron chi connectivity index (χ1n) is 7.10. The maximum Gasteiger partial charge on any atom is 0.356 e. The van der Waals surface area contributed by atoms with Crippen molar-refractivity contribution in [2.75, 3.05) is 13.7 Å². The van der Waals surface area contributed by atoms with Gasteiger partial charge in [0.05, 0.1) is 19.4 Å². The van der Waals surface area contributed by atoms with Crippen LogP contribution < -0.4 is 10.1 Å². The number of esters is 1. The number of nitrogens with zero attached hydrogens (tertiary/aromatic N) is 1. The Hall–Kier alpha value is -1.62. The molecule has 20 heavy (non-hydrogen) atoms. The lowest BCUT2D eigenvalue weighted by Crippen LogP contribution is -2.47. The summed E-state index contributed by atoms with van der Waals surface area (Å²) in [7, 11) is 1.38. The minimum atomic E-state index is -0.393. The maximum atomic E-state index is 11.7. The molecule has 1 aromatic heterocycles. The molecule has 5 nitrogen and oxygen atoms in total. The molecule has 2 heterocycles. The maximum absolute atomic E-state index is 11.7. The zero-order chi connectivity index (χ0) is 14.2. The second kappa shape index (κ2) is 5.05. The van der Waals surface area contributed by atoms with Gasteiger partial charge in [0.15, 0.2) is 0 Å². The lowest BCUT2D eigenvalue weighted by atomic mass is 9.78. The minimum absolute atomic E-state index is 0.222.